The Morgan fingerprint density at radius 1 is 1.03 bits per heavy atom. The Balaban J connectivity index is 1.29. The molecule has 1 N–H and O–H groups in total. The van der Waals surface area contributed by atoms with Gasteiger partial charge in [0.25, 0.3) is 0 Å². The van der Waals surface area contributed by atoms with E-state index < -0.39 is 0 Å². The van der Waals surface area contributed by atoms with E-state index in [1.165, 1.54) is 15.0 Å². The fourth-order valence-corrected chi connectivity index (χ4v) is 5.19. The zero-order chi connectivity index (χ0) is 21.4. The number of rotatable bonds is 5. The van der Waals surface area contributed by atoms with Crippen LogP contribution in [-0.2, 0) is 30.8 Å². The van der Waals surface area contributed by atoms with Crippen LogP contribution in [-0.4, -0.2) is 21.6 Å². The van der Waals surface area contributed by atoms with Crippen molar-refractivity contribution in [2.45, 2.75) is 33.0 Å². The second-order valence-corrected chi connectivity index (χ2v) is 8.74. The lowest BCUT2D eigenvalue weighted by Gasteiger charge is -2.29. The third-order valence-electron chi connectivity index (χ3n) is 5.87. The average Bonchev–Trinajstić information content (AvgIpc) is 3.36. The van der Waals surface area contributed by atoms with Crippen LogP contribution in [0.3, 0.4) is 0 Å². The van der Waals surface area contributed by atoms with Gasteiger partial charge < -0.3 is 10.2 Å². The molecule has 1 amide bonds. The Morgan fingerprint density at radius 3 is 2.52 bits per heavy atom. The summed E-state index contributed by atoms with van der Waals surface area (Å²) in [5, 5.41) is 5.09. The van der Waals surface area contributed by atoms with Crippen LogP contribution in [0.25, 0.3) is 11.0 Å². The third-order valence-corrected chi connectivity index (χ3v) is 6.89. The molecule has 2 aromatic carbocycles. The second-order valence-electron chi connectivity index (χ2n) is 7.74. The molecule has 1 aliphatic heterocycles. The summed E-state index contributed by atoms with van der Waals surface area (Å²) < 4.78 is 3.23. The minimum Gasteiger partial charge on any atom is -0.367 e. The summed E-state index contributed by atoms with van der Waals surface area (Å²) >= 11 is 1.84. The molecule has 0 bridgehead atoms. The van der Waals surface area contributed by atoms with Crippen molar-refractivity contribution in [1.82, 2.24) is 9.13 Å². The van der Waals surface area contributed by atoms with Crippen molar-refractivity contribution < 1.29 is 4.79 Å². The van der Waals surface area contributed by atoms with Crippen molar-refractivity contribution in [3.05, 3.63) is 80.9 Å². The lowest BCUT2D eigenvalue weighted by molar-refractivity contribution is -0.116. The molecule has 1 aliphatic rings. The molecule has 158 valence electrons. The summed E-state index contributed by atoms with van der Waals surface area (Å²) in [5.41, 5.74) is 4.75. The van der Waals surface area contributed by atoms with Crippen LogP contribution in [0.1, 0.15) is 17.4 Å². The average molecular weight is 433 g/mol. The molecule has 0 saturated carbocycles. The van der Waals surface area contributed by atoms with Crippen LogP contribution >= 0.6 is 11.3 Å². The van der Waals surface area contributed by atoms with Crippen LogP contribution < -0.4 is 15.9 Å². The summed E-state index contributed by atoms with van der Waals surface area (Å²) in [6.45, 7) is 4.42. The van der Waals surface area contributed by atoms with Gasteiger partial charge in [0.2, 0.25) is 5.91 Å². The smallest absolute Gasteiger partial charge is 0.329 e. The van der Waals surface area contributed by atoms with E-state index in [-0.39, 0.29) is 18.1 Å². The monoisotopic (exact) mass is 432 g/mol. The molecule has 0 fully saturated rings. The third kappa shape index (κ3) is 3.65. The first kappa shape index (κ1) is 19.6. The topological polar surface area (TPSA) is 59.3 Å². The summed E-state index contributed by atoms with van der Waals surface area (Å²) in [7, 11) is 0. The van der Waals surface area contributed by atoms with E-state index in [1.807, 2.05) is 66.8 Å². The number of aromatic nitrogens is 2. The number of thiophene rings is 1. The standard InChI is InChI=1S/C24H24N4O2S/c1-2-27-20-5-3-4-6-21(20)28(24(27)30)16-23(29)25-18-7-9-19(10-8-18)26-13-11-22-17(15-26)12-14-31-22/h3-10,12,14H,2,11,13,15-16H2,1H3,(H,25,29). The van der Waals surface area contributed by atoms with Crippen molar-refractivity contribution in [3.63, 3.8) is 0 Å². The van der Waals surface area contributed by atoms with Gasteiger partial charge in [0, 0.05) is 35.9 Å². The van der Waals surface area contributed by atoms with Gasteiger partial charge in [0.05, 0.1) is 11.0 Å². The number of benzene rings is 2. The Kier molecular flexibility index (Phi) is 5.11. The van der Waals surface area contributed by atoms with E-state index in [9.17, 15) is 9.59 Å². The van der Waals surface area contributed by atoms with Crippen molar-refractivity contribution in [1.29, 1.82) is 0 Å². The van der Waals surface area contributed by atoms with Crippen molar-refractivity contribution >= 4 is 39.7 Å². The molecule has 0 radical (unpaired) electrons. The van der Waals surface area contributed by atoms with Gasteiger partial charge in [-0.2, -0.15) is 0 Å². The van der Waals surface area contributed by atoms with Crippen LogP contribution in [0, 0.1) is 0 Å². The molecule has 31 heavy (non-hydrogen) atoms. The van der Waals surface area contributed by atoms with Crippen LogP contribution in [0.15, 0.2) is 64.8 Å². The fraction of sp³-hybridized carbons (Fsp3) is 0.250. The number of nitrogens with zero attached hydrogens (tertiary/aromatic N) is 3. The van der Waals surface area contributed by atoms with E-state index in [4.69, 9.17) is 0 Å². The molecule has 0 atom stereocenters. The number of aryl methyl sites for hydroxylation is 1. The highest BCUT2D eigenvalue weighted by atomic mass is 32.1. The SMILES string of the molecule is CCn1c(=O)n(CC(=O)Nc2ccc(N3CCc4sccc4C3)cc2)c2ccccc21. The number of fused-ring (bicyclic) bond motifs is 2. The highest BCUT2D eigenvalue weighted by molar-refractivity contribution is 7.10. The molecule has 5 rings (SSSR count). The first-order valence-corrected chi connectivity index (χ1v) is 11.4. The molecule has 0 saturated heterocycles. The van der Waals surface area contributed by atoms with Crippen molar-refractivity contribution in [3.8, 4) is 0 Å². The van der Waals surface area contributed by atoms with Crippen molar-refractivity contribution in [2.24, 2.45) is 0 Å². The Hall–Kier alpha value is -3.32. The quantitative estimate of drug-likeness (QED) is 0.517. The lowest BCUT2D eigenvalue weighted by atomic mass is 10.1. The molecule has 3 heterocycles. The Bertz CT molecular complexity index is 1300. The summed E-state index contributed by atoms with van der Waals surface area (Å²) in [4.78, 5) is 29.3. The zero-order valence-corrected chi connectivity index (χ0v) is 18.2. The number of hydrogen-bond acceptors (Lipinski definition) is 4. The number of hydrogen-bond donors (Lipinski definition) is 1. The van der Waals surface area contributed by atoms with E-state index in [1.54, 1.807) is 4.57 Å². The predicted molar refractivity (Wildman–Crippen MR) is 126 cm³/mol. The van der Waals surface area contributed by atoms with Crippen molar-refractivity contribution in [2.75, 3.05) is 16.8 Å². The van der Waals surface area contributed by atoms with Gasteiger partial charge in [0.1, 0.15) is 6.54 Å². The van der Waals surface area contributed by atoms with E-state index in [0.717, 1.165) is 41.9 Å². The predicted octanol–water partition coefficient (Wildman–Crippen LogP) is 4.09. The molecule has 4 aromatic rings. The second kappa shape index (κ2) is 8.07. The number of imidazole rings is 1. The van der Waals surface area contributed by atoms with Gasteiger partial charge in [-0.3, -0.25) is 13.9 Å². The van der Waals surface area contributed by atoms with E-state index in [0.29, 0.717) is 6.54 Å². The number of para-hydroxylation sites is 2. The molecule has 0 spiro atoms. The number of anilines is 2. The Labute approximate surface area is 184 Å². The normalized spacial score (nSPS) is 13.4. The first-order valence-electron chi connectivity index (χ1n) is 10.5. The molecule has 6 nitrogen and oxygen atoms in total. The van der Waals surface area contributed by atoms with Gasteiger partial charge in [-0.15, -0.1) is 11.3 Å². The highest BCUT2D eigenvalue weighted by Crippen LogP contribution is 2.28. The molecular formula is C24H24N4O2S. The van der Waals surface area contributed by atoms with Gasteiger partial charge in [-0.05, 0) is 66.8 Å². The zero-order valence-electron chi connectivity index (χ0n) is 17.4. The van der Waals surface area contributed by atoms with Gasteiger partial charge >= 0.3 is 5.69 Å². The molecule has 0 aliphatic carbocycles. The number of carbonyl (C=O) groups is 1. The Morgan fingerprint density at radius 2 is 1.77 bits per heavy atom. The summed E-state index contributed by atoms with van der Waals surface area (Å²) in [6, 6.07) is 17.7. The van der Waals surface area contributed by atoms with Gasteiger partial charge in [0.15, 0.2) is 0 Å². The number of amides is 1. The maximum absolute atomic E-state index is 12.7. The maximum Gasteiger partial charge on any atom is 0.329 e. The molecule has 2 aromatic heterocycles. The van der Waals surface area contributed by atoms with E-state index in [2.05, 4.69) is 21.7 Å². The largest absolute Gasteiger partial charge is 0.367 e. The molecular weight excluding hydrogens is 408 g/mol. The van der Waals surface area contributed by atoms with Crippen LogP contribution in [0.4, 0.5) is 11.4 Å². The summed E-state index contributed by atoms with van der Waals surface area (Å²) in [6.07, 6.45) is 1.08. The lowest BCUT2D eigenvalue weighted by Crippen LogP contribution is -2.29. The highest BCUT2D eigenvalue weighted by Gasteiger charge is 2.18. The minimum absolute atomic E-state index is 0.0127. The van der Waals surface area contributed by atoms with Crippen LogP contribution in [0.5, 0.6) is 0 Å². The number of nitrogens with one attached hydrogen (secondary N) is 1. The van der Waals surface area contributed by atoms with Gasteiger partial charge in [-0.25, -0.2) is 4.79 Å². The van der Waals surface area contributed by atoms with Crippen LogP contribution in [0.2, 0.25) is 0 Å². The number of carbonyl (C=O) groups excluding carboxylic acids is 1. The molecule has 7 heteroatoms. The van der Waals surface area contributed by atoms with Gasteiger partial charge in [-0.1, -0.05) is 12.1 Å². The molecule has 0 unspecified atom stereocenters. The minimum atomic E-state index is -0.213. The summed E-state index contributed by atoms with van der Waals surface area (Å²) in [5.74, 6) is -0.213. The maximum atomic E-state index is 12.7. The fourth-order valence-electron chi connectivity index (χ4n) is 4.30. The first-order chi connectivity index (χ1) is 15.1. The van der Waals surface area contributed by atoms with E-state index >= 15 is 0 Å².